The molecule has 5 heteroatoms. The number of aromatic nitrogens is 1. The summed E-state index contributed by atoms with van der Waals surface area (Å²) >= 11 is 0. The standard InChI is InChI=1S/C16H16FNO3/c1-3-7-20-11(2)16(19)21-10-13-9-14(17)8-12-5-4-6-18-15(12)13/h3-6,8-9,11H,1,7,10H2,2H3. The SMILES string of the molecule is C=CCOC(C)C(=O)OCc1cc(F)cc2cccnc12. The van der Waals surface area contributed by atoms with Crippen molar-refractivity contribution in [3.63, 3.8) is 0 Å². The van der Waals surface area contributed by atoms with Crippen molar-refractivity contribution in [3.8, 4) is 0 Å². The molecule has 2 aromatic rings. The van der Waals surface area contributed by atoms with Crippen LogP contribution >= 0.6 is 0 Å². The number of carbonyl (C=O) groups is 1. The topological polar surface area (TPSA) is 48.4 Å². The van der Waals surface area contributed by atoms with Gasteiger partial charge in [0.1, 0.15) is 12.4 Å². The van der Waals surface area contributed by atoms with Gasteiger partial charge in [-0.2, -0.15) is 0 Å². The maximum Gasteiger partial charge on any atom is 0.335 e. The lowest BCUT2D eigenvalue weighted by molar-refractivity contribution is -0.156. The van der Waals surface area contributed by atoms with Crippen LogP contribution in [0.1, 0.15) is 12.5 Å². The normalized spacial score (nSPS) is 12.1. The van der Waals surface area contributed by atoms with Gasteiger partial charge in [0, 0.05) is 17.1 Å². The fraction of sp³-hybridized carbons (Fsp3) is 0.250. The fourth-order valence-corrected chi connectivity index (χ4v) is 1.88. The summed E-state index contributed by atoms with van der Waals surface area (Å²) in [6.45, 7) is 5.31. The van der Waals surface area contributed by atoms with E-state index >= 15 is 0 Å². The summed E-state index contributed by atoms with van der Waals surface area (Å²) in [5.41, 5.74) is 1.14. The van der Waals surface area contributed by atoms with Crippen molar-refractivity contribution >= 4 is 16.9 Å². The Bertz CT molecular complexity index is 657. The van der Waals surface area contributed by atoms with Crippen molar-refractivity contribution in [1.82, 2.24) is 4.98 Å². The second-order valence-corrected chi connectivity index (χ2v) is 4.51. The van der Waals surface area contributed by atoms with Crippen LogP contribution in [0, 0.1) is 5.82 Å². The monoisotopic (exact) mass is 289 g/mol. The number of fused-ring (bicyclic) bond motifs is 1. The van der Waals surface area contributed by atoms with Crippen LogP contribution < -0.4 is 0 Å². The van der Waals surface area contributed by atoms with Crippen LogP contribution in [0.2, 0.25) is 0 Å². The van der Waals surface area contributed by atoms with Gasteiger partial charge in [-0.05, 0) is 25.1 Å². The van der Waals surface area contributed by atoms with Crippen LogP contribution in [0.3, 0.4) is 0 Å². The average Bonchev–Trinajstić information content (AvgIpc) is 2.49. The minimum absolute atomic E-state index is 0.0497. The predicted octanol–water partition coefficient (Wildman–Crippen LogP) is 3.01. The first-order valence-electron chi connectivity index (χ1n) is 6.54. The van der Waals surface area contributed by atoms with E-state index in [1.54, 1.807) is 31.3 Å². The molecule has 1 atom stereocenters. The lowest BCUT2D eigenvalue weighted by atomic mass is 10.1. The molecule has 110 valence electrons. The molecule has 2 rings (SSSR count). The second-order valence-electron chi connectivity index (χ2n) is 4.51. The average molecular weight is 289 g/mol. The summed E-state index contributed by atoms with van der Waals surface area (Å²) in [6.07, 6.45) is 2.46. The molecule has 0 aliphatic heterocycles. The lowest BCUT2D eigenvalue weighted by Gasteiger charge is -2.12. The first-order valence-corrected chi connectivity index (χ1v) is 6.54. The Hall–Kier alpha value is -2.27. The van der Waals surface area contributed by atoms with Crippen LogP contribution in [0.5, 0.6) is 0 Å². The molecule has 0 aliphatic carbocycles. The molecule has 21 heavy (non-hydrogen) atoms. The van der Waals surface area contributed by atoms with E-state index in [0.29, 0.717) is 16.5 Å². The van der Waals surface area contributed by atoms with Gasteiger partial charge >= 0.3 is 5.97 Å². The Morgan fingerprint density at radius 2 is 2.33 bits per heavy atom. The lowest BCUT2D eigenvalue weighted by Crippen LogP contribution is -2.23. The Labute approximate surface area is 122 Å². The number of benzene rings is 1. The molecule has 0 amide bonds. The molecular weight excluding hydrogens is 273 g/mol. The smallest absolute Gasteiger partial charge is 0.335 e. The number of halogens is 1. The van der Waals surface area contributed by atoms with Crippen molar-refractivity contribution in [1.29, 1.82) is 0 Å². The van der Waals surface area contributed by atoms with E-state index < -0.39 is 17.9 Å². The number of rotatable bonds is 6. The highest BCUT2D eigenvalue weighted by Gasteiger charge is 2.15. The molecule has 4 nitrogen and oxygen atoms in total. The molecule has 1 aromatic heterocycles. The zero-order chi connectivity index (χ0) is 15.2. The van der Waals surface area contributed by atoms with E-state index in [1.165, 1.54) is 12.1 Å². The number of nitrogens with zero attached hydrogens (tertiary/aromatic N) is 1. The van der Waals surface area contributed by atoms with Gasteiger partial charge in [-0.1, -0.05) is 12.1 Å². The number of hydrogen-bond acceptors (Lipinski definition) is 4. The zero-order valence-electron chi connectivity index (χ0n) is 11.7. The predicted molar refractivity (Wildman–Crippen MR) is 77.1 cm³/mol. The maximum atomic E-state index is 13.5. The van der Waals surface area contributed by atoms with E-state index in [9.17, 15) is 9.18 Å². The van der Waals surface area contributed by atoms with Gasteiger partial charge < -0.3 is 9.47 Å². The molecule has 1 unspecified atom stereocenters. The first-order chi connectivity index (χ1) is 10.1. The molecule has 1 heterocycles. The number of pyridine rings is 1. The molecule has 0 saturated heterocycles. The van der Waals surface area contributed by atoms with Crippen LogP contribution in [0.15, 0.2) is 43.1 Å². The van der Waals surface area contributed by atoms with E-state index in [2.05, 4.69) is 11.6 Å². The summed E-state index contributed by atoms with van der Waals surface area (Å²) in [5.74, 6) is -0.900. The third kappa shape index (κ3) is 3.86. The maximum absolute atomic E-state index is 13.5. The molecule has 0 aliphatic rings. The fourth-order valence-electron chi connectivity index (χ4n) is 1.88. The van der Waals surface area contributed by atoms with Gasteiger partial charge in [-0.15, -0.1) is 6.58 Å². The summed E-state index contributed by atoms with van der Waals surface area (Å²) in [6, 6.07) is 6.19. The molecular formula is C16H16FNO3. The highest BCUT2D eigenvalue weighted by atomic mass is 19.1. The van der Waals surface area contributed by atoms with Crippen molar-refractivity contribution in [2.24, 2.45) is 0 Å². The highest BCUT2D eigenvalue weighted by molar-refractivity contribution is 5.82. The third-order valence-electron chi connectivity index (χ3n) is 2.91. The van der Waals surface area contributed by atoms with Crippen LogP contribution in [0.4, 0.5) is 4.39 Å². The molecule has 0 radical (unpaired) electrons. The van der Waals surface area contributed by atoms with E-state index in [1.807, 2.05) is 0 Å². The minimum atomic E-state index is -0.698. The molecule has 0 N–H and O–H groups in total. The first kappa shape index (κ1) is 15.1. The van der Waals surface area contributed by atoms with Crippen LogP contribution in [0.25, 0.3) is 10.9 Å². The van der Waals surface area contributed by atoms with Gasteiger partial charge in [0.15, 0.2) is 6.10 Å². The number of hydrogen-bond donors (Lipinski definition) is 0. The third-order valence-corrected chi connectivity index (χ3v) is 2.91. The Kier molecular flexibility index (Phi) is 5.00. The van der Waals surface area contributed by atoms with Crippen molar-refractivity contribution in [2.75, 3.05) is 6.61 Å². The minimum Gasteiger partial charge on any atom is -0.459 e. The van der Waals surface area contributed by atoms with Gasteiger partial charge in [-0.25, -0.2) is 9.18 Å². The van der Waals surface area contributed by atoms with Gasteiger partial charge in [0.05, 0.1) is 12.1 Å². The molecule has 0 bridgehead atoms. The summed E-state index contributed by atoms with van der Waals surface area (Å²) in [5, 5.41) is 0.666. The highest BCUT2D eigenvalue weighted by Crippen LogP contribution is 2.19. The molecule has 1 aromatic carbocycles. The zero-order valence-corrected chi connectivity index (χ0v) is 11.7. The Morgan fingerprint density at radius 3 is 3.10 bits per heavy atom. The quantitative estimate of drug-likeness (QED) is 0.606. The van der Waals surface area contributed by atoms with Crippen molar-refractivity contribution in [2.45, 2.75) is 19.6 Å². The molecule has 0 fully saturated rings. The van der Waals surface area contributed by atoms with E-state index in [-0.39, 0.29) is 13.2 Å². The van der Waals surface area contributed by atoms with Crippen LogP contribution in [-0.4, -0.2) is 23.7 Å². The van der Waals surface area contributed by atoms with Crippen LogP contribution in [-0.2, 0) is 20.9 Å². The summed E-state index contributed by atoms with van der Waals surface area (Å²) < 4.78 is 23.9. The second kappa shape index (κ2) is 6.95. The number of esters is 1. The summed E-state index contributed by atoms with van der Waals surface area (Å²) in [4.78, 5) is 15.9. The molecule has 0 saturated carbocycles. The van der Waals surface area contributed by atoms with Gasteiger partial charge in [0.25, 0.3) is 0 Å². The Morgan fingerprint density at radius 1 is 1.52 bits per heavy atom. The van der Waals surface area contributed by atoms with Crippen molar-refractivity contribution in [3.05, 3.63) is 54.5 Å². The van der Waals surface area contributed by atoms with E-state index in [4.69, 9.17) is 9.47 Å². The number of ether oxygens (including phenoxy) is 2. The molecule has 0 spiro atoms. The van der Waals surface area contributed by atoms with Gasteiger partial charge in [0.2, 0.25) is 0 Å². The Balaban J connectivity index is 2.09. The largest absolute Gasteiger partial charge is 0.459 e. The number of carbonyl (C=O) groups excluding carboxylic acids is 1. The van der Waals surface area contributed by atoms with Gasteiger partial charge in [-0.3, -0.25) is 4.98 Å². The van der Waals surface area contributed by atoms with Crippen molar-refractivity contribution < 1.29 is 18.7 Å². The summed E-state index contributed by atoms with van der Waals surface area (Å²) in [7, 11) is 0. The van der Waals surface area contributed by atoms with E-state index in [0.717, 1.165) is 0 Å².